The zero-order chi connectivity index (χ0) is 13.7. The zero-order valence-electron chi connectivity index (χ0n) is 10.5. The van der Waals surface area contributed by atoms with Crippen molar-refractivity contribution in [2.24, 2.45) is 0 Å². The second-order valence-electron chi connectivity index (χ2n) is 3.97. The number of nitrogens with zero attached hydrogens (tertiary/aromatic N) is 4. The molecule has 0 aliphatic rings. The highest BCUT2D eigenvalue weighted by Gasteiger charge is 2.09. The molecule has 0 fully saturated rings. The molecular weight excluding hydrogens is 249 g/mol. The summed E-state index contributed by atoms with van der Waals surface area (Å²) in [5, 5.41) is 13.6. The Morgan fingerprint density at radius 3 is 2.95 bits per heavy atom. The summed E-state index contributed by atoms with van der Waals surface area (Å²) in [5.41, 5.74) is 0.447. The molecule has 1 N–H and O–H groups in total. The first-order valence-electron chi connectivity index (χ1n) is 5.96. The standard InChI is InChI=1S/C12H14FN5O/c1-2-11-15-16-17-18(11)8-12(19)14-7-9-5-3-4-6-10(9)13/h3-6H,2,7-8H2,1H3,(H,14,19). The second kappa shape index (κ2) is 6.03. The molecule has 1 amide bonds. The molecule has 1 aromatic heterocycles. The van der Waals surface area contributed by atoms with Gasteiger partial charge in [-0.2, -0.15) is 0 Å². The van der Waals surface area contributed by atoms with Gasteiger partial charge in [0.25, 0.3) is 0 Å². The Kier molecular flexibility index (Phi) is 4.17. The number of amides is 1. The quantitative estimate of drug-likeness (QED) is 0.861. The van der Waals surface area contributed by atoms with Gasteiger partial charge in [0.2, 0.25) is 5.91 Å². The Morgan fingerprint density at radius 2 is 2.21 bits per heavy atom. The van der Waals surface area contributed by atoms with E-state index >= 15 is 0 Å². The van der Waals surface area contributed by atoms with Gasteiger partial charge in [-0.05, 0) is 16.5 Å². The Bertz CT molecular complexity index is 569. The van der Waals surface area contributed by atoms with Crippen LogP contribution < -0.4 is 5.32 Å². The number of benzene rings is 1. The van der Waals surface area contributed by atoms with Gasteiger partial charge in [-0.1, -0.05) is 25.1 Å². The molecule has 19 heavy (non-hydrogen) atoms. The highest BCUT2D eigenvalue weighted by molar-refractivity contribution is 5.75. The smallest absolute Gasteiger partial charge is 0.242 e. The first-order valence-corrected chi connectivity index (χ1v) is 5.96. The van der Waals surface area contributed by atoms with E-state index in [0.29, 0.717) is 17.8 Å². The summed E-state index contributed by atoms with van der Waals surface area (Å²) in [7, 11) is 0. The van der Waals surface area contributed by atoms with Crippen LogP contribution in [0.25, 0.3) is 0 Å². The summed E-state index contributed by atoms with van der Waals surface area (Å²) in [6, 6.07) is 6.32. The van der Waals surface area contributed by atoms with E-state index < -0.39 is 0 Å². The van der Waals surface area contributed by atoms with Crippen molar-refractivity contribution in [3.63, 3.8) is 0 Å². The number of carbonyl (C=O) groups excluding carboxylic acids is 1. The number of hydrogen-bond acceptors (Lipinski definition) is 4. The van der Waals surface area contributed by atoms with E-state index in [2.05, 4.69) is 20.8 Å². The van der Waals surface area contributed by atoms with Gasteiger partial charge in [0.05, 0.1) is 0 Å². The van der Waals surface area contributed by atoms with Crippen molar-refractivity contribution in [1.82, 2.24) is 25.5 Å². The van der Waals surface area contributed by atoms with Crippen molar-refractivity contribution in [2.45, 2.75) is 26.4 Å². The fraction of sp³-hybridized carbons (Fsp3) is 0.333. The van der Waals surface area contributed by atoms with Crippen molar-refractivity contribution in [2.75, 3.05) is 0 Å². The summed E-state index contributed by atoms with van der Waals surface area (Å²) in [5.74, 6) is 0.0470. The van der Waals surface area contributed by atoms with Gasteiger partial charge in [-0.3, -0.25) is 4.79 Å². The lowest BCUT2D eigenvalue weighted by Crippen LogP contribution is -2.28. The van der Waals surface area contributed by atoms with Crippen LogP contribution in [0.3, 0.4) is 0 Å². The summed E-state index contributed by atoms with van der Waals surface area (Å²) >= 11 is 0. The average molecular weight is 263 g/mol. The Labute approximate surface area is 109 Å². The molecule has 1 heterocycles. The lowest BCUT2D eigenvalue weighted by Gasteiger charge is -2.06. The molecule has 6 nitrogen and oxygen atoms in total. The van der Waals surface area contributed by atoms with Crippen molar-refractivity contribution in [1.29, 1.82) is 0 Å². The minimum atomic E-state index is -0.334. The third-order valence-electron chi connectivity index (χ3n) is 2.65. The van der Waals surface area contributed by atoms with E-state index in [1.807, 2.05) is 6.92 Å². The van der Waals surface area contributed by atoms with Crippen LogP contribution in [0.4, 0.5) is 4.39 Å². The monoisotopic (exact) mass is 263 g/mol. The van der Waals surface area contributed by atoms with Crippen LogP contribution in [0.15, 0.2) is 24.3 Å². The van der Waals surface area contributed by atoms with Gasteiger partial charge >= 0.3 is 0 Å². The molecule has 0 saturated heterocycles. The van der Waals surface area contributed by atoms with E-state index in [4.69, 9.17) is 0 Å². The van der Waals surface area contributed by atoms with E-state index in [-0.39, 0.29) is 24.8 Å². The molecule has 0 saturated carbocycles. The molecule has 2 rings (SSSR count). The van der Waals surface area contributed by atoms with E-state index in [0.717, 1.165) is 0 Å². The van der Waals surface area contributed by atoms with Crippen LogP contribution in [0.5, 0.6) is 0 Å². The first-order chi connectivity index (χ1) is 9.20. The molecule has 100 valence electrons. The van der Waals surface area contributed by atoms with E-state index in [1.165, 1.54) is 10.7 Å². The lowest BCUT2D eigenvalue weighted by atomic mass is 10.2. The Balaban J connectivity index is 1.90. The fourth-order valence-corrected chi connectivity index (χ4v) is 1.63. The summed E-state index contributed by atoms with van der Waals surface area (Å²) in [4.78, 5) is 11.7. The van der Waals surface area contributed by atoms with Crippen LogP contribution >= 0.6 is 0 Å². The largest absolute Gasteiger partial charge is 0.350 e. The molecule has 2 aromatic rings. The number of rotatable bonds is 5. The minimum Gasteiger partial charge on any atom is -0.350 e. The van der Waals surface area contributed by atoms with Gasteiger partial charge in [0, 0.05) is 18.5 Å². The number of nitrogens with one attached hydrogen (secondary N) is 1. The predicted molar refractivity (Wildman–Crippen MR) is 65.4 cm³/mol. The van der Waals surface area contributed by atoms with Crippen LogP contribution in [-0.4, -0.2) is 26.1 Å². The number of hydrogen-bond donors (Lipinski definition) is 1. The Morgan fingerprint density at radius 1 is 1.42 bits per heavy atom. The van der Waals surface area contributed by atoms with Gasteiger partial charge < -0.3 is 5.32 Å². The molecule has 1 aromatic carbocycles. The minimum absolute atomic E-state index is 0.0324. The molecule has 7 heteroatoms. The molecular formula is C12H14FN5O. The lowest BCUT2D eigenvalue weighted by molar-refractivity contribution is -0.122. The van der Waals surface area contributed by atoms with Crippen molar-refractivity contribution >= 4 is 5.91 Å². The third-order valence-corrected chi connectivity index (χ3v) is 2.65. The molecule has 0 bridgehead atoms. The number of tetrazole rings is 1. The molecule has 0 spiro atoms. The van der Waals surface area contributed by atoms with E-state index in [1.54, 1.807) is 18.2 Å². The number of aryl methyl sites for hydroxylation is 1. The molecule has 0 radical (unpaired) electrons. The first kappa shape index (κ1) is 13.1. The molecule has 0 aliphatic heterocycles. The second-order valence-corrected chi connectivity index (χ2v) is 3.97. The SMILES string of the molecule is CCc1nnnn1CC(=O)NCc1ccccc1F. The van der Waals surface area contributed by atoms with Crippen molar-refractivity contribution in [3.8, 4) is 0 Å². The van der Waals surface area contributed by atoms with E-state index in [9.17, 15) is 9.18 Å². The van der Waals surface area contributed by atoms with Crippen LogP contribution in [0, 0.1) is 5.82 Å². The maximum absolute atomic E-state index is 13.3. The van der Waals surface area contributed by atoms with Gasteiger partial charge in [0.1, 0.15) is 12.4 Å². The summed E-state index contributed by atoms with van der Waals surface area (Å²) < 4.78 is 14.8. The molecule has 0 unspecified atom stereocenters. The van der Waals surface area contributed by atoms with Crippen LogP contribution in [0.1, 0.15) is 18.3 Å². The summed E-state index contributed by atoms with van der Waals surface area (Å²) in [6.45, 7) is 2.08. The van der Waals surface area contributed by atoms with Gasteiger partial charge in [0.15, 0.2) is 5.82 Å². The third kappa shape index (κ3) is 3.34. The number of carbonyl (C=O) groups is 1. The zero-order valence-corrected chi connectivity index (χ0v) is 10.5. The fourth-order valence-electron chi connectivity index (χ4n) is 1.63. The topological polar surface area (TPSA) is 72.7 Å². The number of halogens is 1. The molecule has 0 atom stereocenters. The summed E-state index contributed by atoms with van der Waals surface area (Å²) in [6.07, 6.45) is 0.646. The maximum Gasteiger partial charge on any atom is 0.242 e. The predicted octanol–water partition coefficient (Wildman–Crippen LogP) is 0.691. The average Bonchev–Trinajstić information content (AvgIpc) is 2.85. The van der Waals surface area contributed by atoms with Gasteiger partial charge in [-0.15, -0.1) is 5.10 Å². The highest BCUT2D eigenvalue weighted by Crippen LogP contribution is 2.05. The van der Waals surface area contributed by atoms with Gasteiger partial charge in [-0.25, -0.2) is 9.07 Å². The molecule has 0 aliphatic carbocycles. The van der Waals surface area contributed by atoms with Crippen LogP contribution in [0.2, 0.25) is 0 Å². The maximum atomic E-state index is 13.3. The highest BCUT2D eigenvalue weighted by atomic mass is 19.1. The normalized spacial score (nSPS) is 10.4. The van der Waals surface area contributed by atoms with Crippen molar-refractivity contribution < 1.29 is 9.18 Å². The van der Waals surface area contributed by atoms with Crippen molar-refractivity contribution in [3.05, 3.63) is 41.5 Å². The number of aromatic nitrogens is 4. The van der Waals surface area contributed by atoms with Crippen LogP contribution in [-0.2, 0) is 24.3 Å². The Hall–Kier alpha value is -2.31.